The molecule has 1 aliphatic rings. The molecule has 6 rings (SSSR count). The summed E-state index contributed by atoms with van der Waals surface area (Å²) in [5, 5.41) is 8.53. The zero-order valence-corrected chi connectivity index (χ0v) is 22.5. The minimum absolute atomic E-state index is 0.233. The first kappa shape index (κ1) is 24.8. The van der Waals surface area contributed by atoms with Crippen LogP contribution in [0.2, 0.25) is 5.02 Å². The molecule has 0 saturated heterocycles. The van der Waals surface area contributed by atoms with Gasteiger partial charge in [0.15, 0.2) is 0 Å². The van der Waals surface area contributed by atoms with Gasteiger partial charge in [0.25, 0.3) is 0 Å². The van der Waals surface area contributed by atoms with Crippen LogP contribution >= 0.6 is 11.6 Å². The lowest BCUT2D eigenvalue weighted by atomic mass is 10.0. The third-order valence-electron chi connectivity index (χ3n) is 6.93. The molecule has 8 heteroatoms. The van der Waals surface area contributed by atoms with Crippen molar-refractivity contribution >= 4 is 23.3 Å². The summed E-state index contributed by atoms with van der Waals surface area (Å²) in [7, 11) is 0. The van der Waals surface area contributed by atoms with Gasteiger partial charge in [-0.2, -0.15) is 5.10 Å². The first-order chi connectivity index (χ1) is 19.0. The Kier molecular flexibility index (Phi) is 6.59. The Balaban J connectivity index is 1.51. The second-order valence-corrected chi connectivity index (χ2v) is 9.85. The fourth-order valence-electron chi connectivity index (χ4n) is 5.17. The molecule has 0 unspecified atom stereocenters. The summed E-state index contributed by atoms with van der Waals surface area (Å²) >= 11 is 6.22. The number of aryl methyl sites for hydroxylation is 1. The van der Waals surface area contributed by atoms with E-state index in [4.69, 9.17) is 21.4 Å². The average Bonchev–Trinajstić information content (AvgIpc) is 3.50. The van der Waals surface area contributed by atoms with Gasteiger partial charge in [-0.15, -0.1) is 0 Å². The number of benzene rings is 3. The molecule has 7 nitrogen and oxygen atoms in total. The minimum Gasteiger partial charge on any atom is -0.494 e. The second-order valence-electron chi connectivity index (χ2n) is 9.41. The van der Waals surface area contributed by atoms with Gasteiger partial charge in [-0.05, 0) is 74.0 Å². The summed E-state index contributed by atoms with van der Waals surface area (Å²) in [6.07, 6.45) is 2.04. The van der Waals surface area contributed by atoms with Gasteiger partial charge in [-0.3, -0.25) is 0 Å². The second kappa shape index (κ2) is 10.3. The lowest BCUT2D eigenvalue weighted by Gasteiger charge is -2.31. The number of aromatic nitrogens is 3. The quantitative estimate of drug-likeness (QED) is 0.259. The minimum atomic E-state index is -0.370. The van der Waals surface area contributed by atoms with Gasteiger partial charge >= 0.3 is 6.03 Å². The first-order valence-corrected chi connectivity index (χ1v) is 13.3. The molecule has 3 aromatic carbocycles. The molecule has 3 heterocycles. The van der Waals surface area contributed by atoms with Crippen molar-refractivity contribution in [1.29, 1.82) is 0 Å². The molecule has 0 radical (unpaired) electrons. The van der Waals surface area contributed by atoms with Crippen molar-refractivity contribution in [2.45, 2.75) is 26.4 Å². The zero-order chi connectivity index (χ0) is 26.9. The predicted octanol–water partition coefficient (Wildman–Crippen LogP) is 7.16. The van der Waals surface area contributed by atoms with E-state index in [1.54, 1.807) is 12.1 Å². The number of halogens is 1. The summed E-state index contributed by atoms with van der Waals surface area (Å²) in [4.78, 5) is 15.9. The van der Waals surface area contributed by atoms with Gasteiger partial charge in [0.2, 0.25) is 0 Å². The van der Waals surface area contributed by atoms with E-state index in [-0.39, 0.29) is 12.1 Å². The zero-order valence-electron chi connectivity index (χ0n) is 21.7. The highest BCUT2D eigenvalue weighted by Gasteiger charge is 2.36. The number of anilines is 1. The molecular formula is C31H28ClN5O2. The number of urea groups is 1. The van der Waals surface area contributed by atoms with Gasteiger partial charge in [0.05, 0.1) is 36.3 Å². The van der Waals surface area contributed by atoms with Crippen LogP contribution in [0.1, 0.15) is 35.5 Å². The molecule has 1 atom stereocenters. The van der Waals surface area contributed by atoms with E-state index in [2.05, 4.69) is 16.0 Å². The molecule has 1 aliphatic heterocycles. The summed E-state index contributed by atoms with van der Waals surface area (Å²) in [5.74, 6) is 1.71. The van der Waals surface area contributed by atoms with Crippen molar-refractivity contribution in [2.75, 3.05) is 11.9 Å². The Morgan fingerprint density at radius 1 is 1.03 bits per heavy atom. The van der Waals surface area contributed by atoms with E-state index in [0.29, 0.717) is 23.9 Å². The van der Waals surface area contributed by atoms with Gasteiger partial charge in [0.1, 0.15) is 11.6 Å². The number of rotatable bonds is 5. The number of nitrogens with one attached hydrogen (secondary N) is 1. The normalized spacial score (nSPS) is 14.3. The van der Waals surface area contributed by atoms with E-state index in [1.165, 1.54) is 0 Å². The first-order valence-electron chi connectivity index (χ1n) is 12.9. The van der Waals surface area contributed by atoms with E-state index in [9.17, 15) is 4.79 Å². The van der Waals surface area contributed by atoms with Crippen LogP contribution in [0.15, 0.2) is 97.2 Å². The molecule has 2 amide bonds. The number of para-hydroxylation sites is 1. The number of amides is 2. The van der Waals surface area contributed by atoms with E-state index in [0.717, 1.165) is 39.8 Å². The van der Waals surface area contributed by atoms with Crippen molar-refractivity contribution < 1.29 is 9.53 Å². The highest BCUT2D eigenvalue weighted by molar-refractivity contribution is 6.30. The lowest BCUT2D eigenvalue weighted by Crippen LogP contribution is -2.38. The van der Waals surface area contributed by atoms with E-state index < -0.39 is 0 Å². The Bertz CT molecular complexity index is 1620. The van der Waals surface area contributed by atoms with Crippen molar-refractivity contribution in [3.05, 3.63) is 125 Å². The van der Waals surface area contributed by atoms with Gasteiger partial charge < -0.3 is 19.5 Å². The highest BCUT2D eigenvalue weighted by atomic mass is 35.5. The number of hydrogen-bond donors (Lipinski definition) is 1. The molecule has 0 aliphatic carbocycles. The standard InChI is InChI=1S/C31H28ClN5O2/c1-3-39-26-16-14-22(15-17-26)29-28-13-8-18-35(28)30-27(21(2)34-37(30)25-11-5-4-6-12-25)20-36(29)31(38)33-24-10-7-9-23(32)19-24/h4-19,29H,3,20H2,1-2H3,(H,33,38)/t29-/m0/s1. The van der Waals surface area contributed by atoms with Crippen LogP contribution in [0.3, 0.4) is 0 Å². The number of ether oxygens (including phenoxy) is 1. The number of hydrogen-bond acceptors (Lipinski definition) is 3. The van der Waals surface area contributed by atoms with Crippen LogP contribution < -0.4 is 10.1 Å². The maximum Gasteiger partial charge on any atom is 0.322 e. The maximum atomic E-state index is 14.0. The van der Waals surface area contributed by atoms with Crippen molar-refractivity contribution in [3.63, 3.8) is 0 Å². The van der Waals surface area contributed by atoms with Crippen LogP contribution in [0.25, 0.3) is 11.5 Å². The number of nitrogens with zero attached hydrogens (tertiary/aromatic N) is 4. The average molecular weight is 538 g/mol. The van der Waals surface area contributed by atoms with Gasteiger partial charge in [-0.1, -0.05) is 48.0 Å². The van der Waals surface area contributed by atoms with Gasteiger partial charge in [-0.25, -0.2) is 9.48 Å². The van der Waals surface area contributed by atoms with Crippen LogP contribution in [-0.4, -0.2) is 31.9 Å². The molecule has 1 N–H and O–H groups in total. The lowest BCUT2D eigenvalue weighted by molar-refractivity contribution is 0.194. The SMILES string of the molecule is CCOc1ccc([C@H]2c3cccn3-c3c(c(C)nn3-c3ccccc3)CN2C(=O)Nc2cccc(Cl)c2)cc1. The van der Waals surface area contributed by atoms with Crippen LogP contribution in [0, 0.1) is 6.92 Å². The van der Waals surface area contributed by atoms with Crippen LogP contribution in [-0.2, 0) is 6.54 Å². The van der Waals surface area contributed by atoms with E-state index in [1.807, 2.05) is 102 Å². The van der Waals surface area contributed by atoms with Crippen molar-refractivity contribution in [1.82, 2.24) is 19.2 Å². The fraction of sp³-hybridized carbons (Fsp3) is 0.161. The predicted molar refractivity (Wildman–Crippen MR) is 153 cm³/mol. The third kappa shape index (κ3) is 4.66. The molecule has 0 saturated carbocycles. The molecule has 2 aromatic heterocycles. The van der Waals surface area contributed by atoms with Crippen LogP contribution in [0.4, 0.5) is 10.5 Å². The topological polar surface area (TPSA) is 64.3 Å². The maximum absolute atomic E-state index is 14.0. The number of fused-ring (bicyclic) bond motifs is 3. The monoisotopic (exact) mass is 537 g/mol. The van der Waals surface area contributed by atoms with Crippen molar-refractivity contribution in [3.8, 4) is 17.3 Å². The molecule has 0 bridgehead atoms. The fourth-order valence-corrected chi connectivity index (χ4v) is 5.36. The smallest absolute Gasteiger partial charge is 0.322 e. The Morgan fingerprint density at radius 2 is 1.82 bits per heavy atom. The molecule has 196 valence electrons. The Hall–Kier alpha value is -4.49. The number of carbonyl (C=O) groups is 1. The Morgan fingerprint density at radius 3 is 2.56 bits per heavy atom. The molecule has 0 spiro atoms. The summed E-state index contributed by atoms with van der Waals surface area (Å²) < 4.78 is 9.80. The third-order valence-corrected chi connectivity index (χ3v) is 7.17. The highest BCUT2D eigenvalue weighted by Crippen LogP contribution is 2.39. The molecule has 5 aromatic rings. The summed E-state index contributed by atoms with van der Waals surface area (Å²) in [5.41, 5.74) is 5.36. The molecule has 0 fully saturated rings. The largest absolute Gasteiger partial charge is 0.494 e. The Labute approximate surface area is 232 Å². The van der Waals surface area contributed by atoms with Gasteiger partial charge in [0, 0.05) is 22.5 Å². The molecular weight excluding hydrogens is 510 g/mol. The van der Waals surface area contributed by atoms with Crippen molar-refractivity contribution in [2.24, 2.45) is 0 Å². The summed E-state index contributed by atoms with van der Waals surface area (Å²) in [6, 6.07) is 28.7. The summed E-state index contributed by atoms with van der Waals surface area (Å²) in [6.45, 7) is 4.90. The van der Waals surface area contributed by atoms with Crippen LogP contribution in [0.5, 0.6) is 5.75 Å². The van der Waals surface area contributed by atoms with E-state index >= 15 is 0 Å². The molecule has 39 heavy (non-hydrogen) atoms. The number of carbonyl (C=O) groups excluding carboxylic acids is 1.